The Kier molecular flexibility index (Phi) is 2.99. The van der Waals surface area contributed by atoms with Gasteiger partial charge in [0, 0.05) is 12.6 Å². The van der Waals surface area contributed by atoms with Crippen molar-refractivity contribution in [3.63, 3.8) is 0 Å². The van der Waals surface area contributed by atoms with Crippen LogP contribution in [0.15, 0.2) is 24.5 Å². The van der Waals surface area contributed by atoms with E-state index in [9.17, 15) is 9.18 Å². The summed E-state index contributed by atoms with van der Waals surface area (Å²) in [4.78, 5) is 15.9. The van der Waals surface area contributed by atoms with E-state index in [-0.39, 0.29) is 18.0 Å². The number of hydrogen-bond donors (Lipinski definition) is 0. The van der Waals surface area contributed by atoms with Crippen molar-refractivity contribution in [2.45, 2.75) is 13.3 Å². The Hall–Kier alpha value is -2.04. The molecule has 2 aromatic rings. The molecule has 0 fully saturated rings. The number of carbonyl (C=O) groups is 1. The largest absolute Gasteiger partial charge is 0.294 e. The summed E-state index contributed by atoms with van der Waals surface area (Å²) in [6, 6.07) is 4.34. The average molecular weight is 233 g/mol. The highest BCUT2D eigenvalue weighted by Crippen LogP contribution is 2.11. The lowest BCUT2D eigenvalue weighted by molar-refractivity contribution is 0.0989. The first-order valence-corrected chi connectivity index (χ1v) is 5.20. The summed E-state index contributed by atoms with van der Waals surface area (Å²) in [5, 5.41) is 3.89. The Morgan fingerprint density at radius 3 is 2.82 bits per heavy atom. The van der Waals surface area contributed by atoms with Gasteiger partial charge in [-0.25, -0.2) is 9.37 Å². The molecule has 2 rings (SSSR count). The zero-order valence-corrected chi connectivity index (χ0v) is 9.64. The van der Waals surface area contributed by atoms with Crippen molar-refractivity contribution >= 4 is 5.78 Å². The minimum absolute atomic E-state index is 0.0933. The van der Waals surface area contributed by atoms with Gasteiger partial charge in [-0.3, -0.25) is 9.48 Å². The quantitative estimate of drug-likeness (QED) is 0.758. The third-order valence-corrected chi connectivity index (χ3v) is 2.60. The van der Waals surface area contributed by atoms with Crippen molar-refractivity contribution in [3.05, 3.63) is 47.3 Å². The van der Waals surface area contributed by atoms with Crippen LogP contribution in [0.1, 0.15) is 21.7 Å². The number of benzene rings is 1. The number of nitrogens with zero attached hydrogens (tertiary/aromatic N) is 3. The van der Waals surface area contributed by atoms with E-state index in [0.717, 1.165) is 0 Å². The summed E-state index contributed by atoms with van der Waals surface area (Å²) < 4.78 is 14.6. The molecule has 0 atom stereocenters. The van der Waals surface area contributed by atoms with Crippen molar-refractivity contribution < 1.29 is 9.18 Å². The molecule has 17 heavy (non-hydrogen) atoms. The van der Waals surface area contributed by atoms with E-state index in [0.29, 0.717) is 17.0 Å². The molecule has 0 unspecified atom stereocenters. The van der Waals surface area contributed by atoms with Crippen molar-refractivity contribution in [1.82, 2.24) is 14.8 Å². The zero-order chi connectivity index (χ0) is 12.4. The maximum atomic E-state index is 13.1. The molecule has 1 aromatic heterocycles. The highest BCUT2D eigenvalue weighted by Gasteiger charge is 2.11. The fourth-order valence-corrected chi connectivity index (χ4v) is 1.54. The van der Waals surface area contributed by atoms with Crippen LogP contribution < -0.4 is 0 Å². The summed E-state index contributed by atoms with van der Waals surface area (Å²) in [5.41, 5.74) is 0.959. The second-order valence-electron chi connectivity index (χ2n) is 3.86. The van der Waals surface area contributed by atoms with E-state index in [2.05, 4.69) is 10.1 Å². The minimum atomic E-state index is -0.305. The molecule has 0 bridgehead atoms. The lowest BCUT2D eigenvalue weighted by atomic mass is 10.1. The van der Waals surface area contributed by atoms with Gasteiger partial charge in [0.25, 0.3) is 0 Å². The van der Waals surface area contributed by atoms with E-state index in [1.807, 2.05) is 0 Å². The number of carbonyl (C=O) groups excluding carboxylic acids is 1. The van der Waals surface area contributed by atoms with Crippen molar-refractivity contribution in [1.29, 1.82) is 0 Å². The van der Waals surface area contributed by atoms with Gasteiger partial charge in [-0.05, 0) is 30.7 Å². The van der Waals surface area contributed by atoms with E-state index in [4.69, 9.17) is 0 Å². The van der Waals surface area contributed by atoms with Gasteiger partial charge in [0.2, 0.25) is 0 Å². The molecule has 0 spiro atoms. The van der Waals surface area contributed by atoms with Gasteiger partial charge < -0.3 is 0 Å². The number of hydrogen-bond acceptors (Lipinski definition) is 3. The van der Waals surface area contributed by atoms with Crippen LogP contribution in [-0.2, 0) is 13.5 Å². The van der Waals surface area contributed by atoms with E-state index >= 15 is 0 Å². The molecular formula is C12H12FN3O. The second kappa shape index (κ2) is 4.45. The summed E-state index contributed by atoms with van der Waals surface area (Å²) in [7, 11) is 1.73. The van der Waals surface area contributed by atoms with Crippen LogP contribution >= 0.6 is 0 Å². The van der Waals surface area contributed by atoms with Crippen LogP contribution in [0, 0.1) is 12.7 Å². The van der Waals surface area contributed by atoms with E-state index in [1.54, 1.807) is 24.7 Å². The Morgan fingerprint density at radius 2 is 2.24 bits per heavy atom. The second-order valence-corrected chi connectivity index (χ2v) is 3.86. The molecule has 1 heterocycles. The number of rotatable bonds is 3. The summed E-state index contributed by atoms with van der Waals surface area (Å²) >= 11 is 0. The fourth-order valence-electron chi connectivity index (χ4n) is 1.54. The van der Waals surface area contributed by atoms with E-state index in [1.165, 1.54) is 18.5 Å². The summed E-state index contributed by atoms with van der Waals surface area (Å²) in [5.74, 6) is 0.196. The molecule has 4 nitrogen and oxygen atoms in total. The number of Topliss-reactive ketones (excluding diaryl/α,β-unsaturated/α-hetero) is 1. The molecule has 0 aliphatic carbocycles. The molecule has 5 heteroatoms. The van der Waals surface area contributed by atoms with Crippen molar-refractivity contribution in [3.8, 4) is 0 Å². The van der Waals surface area contributed by atoms with Crippen molar-refractivity contribution in [2.75, 3.05) is 0 Å². The predicted octanol–water partition coefficient (Wildman–Crippen LogP) is 1.69. The summed E-state index contributed by atoms with van der Waals surface area (Å²) in [6.07, 6.45) is 1.57. The smallest absolute Gasteiger partial charge is 0.170 e. The van der Waals surface area contributed by atoms with Crippen LogP contribution in [0.3, 0.4) is 0 Å². The Morgan fingerprint density at radius 1 is 1.47 bits per heavy atom. The molecular weight excluding hydrogens is 221 g/mol. The third-order valence-electron chi connectivity index (χ3n) is 2.60. The van der Waals surface area contributed by atoms with Crippen molar-refractivity contribution in [2.24, 2.45) is 7.05 Å². The molecule has 0 N–H and O–H groups in total. The molecule has 0 amide bonds. The first-order valence-electron chi connectivity index (χ1n) is 5.20. The third kappa shape index (κ3) is 2.38. The standard InChI is InChI=1S/C12H12FN3O/c1-8-5-9(3-4-10(8)13)11(17)6-12-14-7-15-16(12)2/h3-5,7H,6H2,1-2H3. The SMILES string of the molecule is Cc1cc(C(=O)Cc2ncnn2C)ccc1F. The summed E-state index contributed by atoms with van der Waals surface area (Å²) in [6.45, 7) is 1.63. The van der Waals surface area contributed by atoms with Crippen LogP contribution in [0.5, 0.6) is 0 Å². The zero-order valence-electron chi connectivity index (χ0n) is 9.64. The number of halogens is 1. The minimum Gasteiger partial charge on any atom is -0.294 e. The van der Waals surface area contributed by atoms with Gasteiger partial charge in [0.1, 0.15) is 18.0 Å². The number of aryl methyl sites for hydroxylation is 2. The van der Waals surface area contributed by atoms with Gasteiger partial charge in [-0.2, -0.15) is 5.10 Å². The van der Waals surface area contributed by atoms with Crippen LogP contribution in [-0.4, -0.2) is 20.5 Å². The number of aromatic nitrogens is 3. The predicted molar refractivity (Wildman–Crippen MR) is 60.2 cm³/mol. The van der Waals surface area contributed by atoms with Crippen LogP contribution in [0.2, 0.25) is 0 Å². The lowest BCUT2D eigenvalue weighted by Gasteiger charge is -2.02. The molecule has 0 saturated heterocycles. The molecule has 0 radical (unpaired) electrons. The fraction of sp³-hybridized carbons (Fsp3) is 0.250. The maximum Gasteiger partial charge on any atom is 0.170 e. The van der Waals surface area contributed by atoms with Gasteiger partial charge in [-0.1, -0.05) is 0 Å². The molecule has 0 saturated carbocycles. The average Bonchev–Trinajstić information content (AvgIpc) is 2.68. The topological polar surface area (TPSA) is 47.8 Å². The normalized spacial score (nSPS) is 10.5. The Labute approximate surface area is 98.1 Å². The monoisotopic (exact) mass is 233 g/mol. The van der Waals surface area contributed by atoms with Crippen LogP contribution in [0.4, 0.5) is 4.39 Å². The molecule has 0 aliphatic heterocycles. The Bertz CT molecular complexity index is 563. The van der Waals surface area contributed by atoms with Crippen LogP contribution in [0.25, 0.3) is 0 Å². The first-order chi connectivity index (χ1) is 8.08. The molecule has 88 valence electrons. The molecule has 1 aromatic carbocycles. The van der Waals surface area contributed by atoms with E-state index < -0.39 is 0 Å². The van der Waals surface area contributed by atoms with Gasteiger partial charge in [0.15, 0.2) is 5.78 Å². The lowest BCUT2D eigenvalue weighted by Crippen LogP contribution is -2.09. The van der Waals surface area contributed by atoms with Gasteiger partial charge >= 0.3 is 0 Å². The van der Waals surface area contributed by atoms with Gasteiger partial charge in [0.05, 0.1) is 6.42 Å². The highest BCUT2D eigenvalue weighted by atomic mass is 19.1. The first kappa shape index (κ1) is 11.4. The maximum absolute atomic E-state index is 13.1. The highest BCUT2D eigenvalue weighted by molar-refractivity contribution is 5.97. The Balaban J connectivity index is 2.20. The molecule has 0 aliphatic rings. The van der Waals surface area contributed by atoms with Gasteiger partial charge in [-0.15, -0.1) is 0 Å². The number of ketones is 1.